The first-order valence-corrected chi connectivity index (χ1v) is 11.9. The third-order valence-corrected chi connectivity index (χ3v) is 7.85. The molecule has 4 aliphatic rings. The van der Waals surface area contributed by atoms with Crippen molar-refractivity contribution in [1.29, 1.82) is 0 Å². The smallest absolute Gasteiger partial charge is 0.271 e. The lowest BCUT2D eigenvalue weighted by molar-refractivity contribution is -0.124. The number of anilines is 1. The van der Waals surface area contributed by atoms with E-state index in [0.29, 0.717) is 30.1 Å². The Morgan fingerprint density at radius 3 is 2.44 bits per heavy atom. The summed E-state index contributed by atoms with van der Waals surface area (Å²) in [4.78, 5) is 30.1. The Balaban J connectivity index is 1.28. The molecule has 4 aliphatic carbocycles. The number of aliphatic hydroxyl groups is 1. The fourth-order valence-electron chi connectivity index (χ4n) is 6.72. The molecule has 2 aromatic heterocycles. The average Bonchev–Trinajstić information content (AvgIpc) is 3.16. The lowest BCUT2D eigenvalue weighted by Gasteiger charge is -2.56. The van der Waals surface area contributed by atoms with Crippen LogP contribution in [0, 0.1) is 28.6 Å². The maximum Gasteiger partial charge on any atom is 0.271 e. The van der Waals surface area contributed by atoms with Crippen LogP contribution >= 0.6 is 0 Å². The number of hydrogen-bond acceptors (Lipinski definition) is 4. The van der Waals surface area contributed by atoms with Crippen LogP contribution in [-0.4, -0.2) is 39.5 Å². The zero-order valence-electron chi connectivity index (χ0n) is 19.1. The fourth-order valence-corrected chi connectivity index (χ4v) is 6.72. The van der Waals surface area contributed by atoms with E-state index < -0.39 is 5.41 Å². The lowest BCUT2D eigenvalue weighted by Crippen LogP contribution is -2.47. The Labute approximate surface area is 189 Å². The first-order valence-electron chi connectivity index (χ1n) is 11.9. The van der Waals surface area contributed by atoms with Crippen molar-refractivity contribution in [1.82, 2.24) is 14.7 Å². The maximum absolute atomic E-state index is 13.1. The van der Waals surface area contributed by atoms with Crippen molar-refractivity contribution < 1.29 is 14.7 Å². The minimum Gasteiger partial charge on any atom is -0.396 e. The molecule has 2 aromatic rings. The Kier molecular flexibility index (Phi) is 5.27. The summed E-state index contributed by atoms with van der Waals surface area (Å²) in [6.45, 7) is 4.10. The van der Waals surface area contributed by atoms with Gasteiger partial charge < -0.3 is 15.7 Å². The zero-order valence-corrected chi connectivity index (χ0v) is 19.1. The Hall–Kier alpha value is -2.41. The summed E-state index contributed by atoms with van der Waals surface area (Å²) in [6.07, 6.45) is 9.98. The highest BCUT2D eigenvalue weighted by atomic mass is 16.3. The third kappa shape index (κ3) is 4.15. The summed E-state index contributed by atoms with van der Waals surface area (Å²) in [7, 11) is 0. The molecular weight excluding hydrogens is 404 g/mol. The molecule has 4 saturated carbocycles. The van der Waals surface area contributed by atoms with E-state index in [1.165, 1.54) is 38.5 Å². The lowest BCUT2D eigenvalue weighted by atomic mass is 9.49. The second-order valence-electron chi connectivity index (χ2n) is 11.4. The van der Waals surface area contributed by atoms with Gasteiger partial charge in [-0.15, -0.1) is 0 Å². The predicted molar refractivity (Wildman–Crippen MR) is 122 cm³/mol. The number of amides is 2. The number of hydrogen-bond donors (Lipinski definition) is 3. The van der Waals surface area contributed by atoms with Crippen molar-refractivity contribution in [3.05, 3.63) is 30.1 Å². The summed E-state index contributed by atoms with van der Waals surface area (Å²) in [6, 6.07) is 5.52. The van der Waals surface area contributed by atoms with Gasteiger partial charge in [0.15, 0.2) is 0 Å². The van der Waals surface area contributed by atoms with Gasteiger partial charge in [0.1, 0.15) is 17.2 Å². The van der Waals surface area contributed by atoms with Gasteiger partial charge in [0.2, 0.25) is 5.91 Å². The molecule has 4 bridgehead atoms. The van der Waals surface area contributed by atoms with Gasteiger partial charge in [-0.2, -0.15) is 0 Å². The molecule has 0 saturated heterocycles. The quantitative estimate of drug-likeness (QED) is 0.615. The highest BCUT2D eigenvalue weighted by Gasteiger charge is 2.51. The van der Waals surface area contributed by atoms with Gasteiger partial charge in [0.25, 0.3) is 5.91 Å². The standard InChI is InChI=1S/C25H34N4O3/c1-24(2,15-30)14-26-23(32)19-13-29-20(27-19)4-3-5-21(29)28-22(31)12-25-9-16-6-17(10-25)8-18(7-16)11-25/h3-5,13,16-18,30H,6-12,14-15H2,1-2H3,(H,26,32)(H,28,31). The first kappa shape index (κ1) is 21.4. The largest absolute Gasteiger partial charge is 0.396 e. The summed E-state index contributed by atoms with van der Waals surface area (Å²) < 4.78 is 1.77. The molecule has 6 rings (SSSR count). The molecule has 0 aliphatic heterocycles. The van der Waals surface area contributed by atoms with Crippen molar-refractivity contribution >= 4 is 23.3 Å². The van der Waals surface area contributed by atoms with Gasteiger partial charge in [0, 0.05) is 31.2 Å². The second-order valence-corrected chi connectivity index (χ2v) is 11.4. The van der Waals surface area contributed by atoms with Gasteiger partial charge in [-0.3, -0.25) is 14.0 Å². The SMILES string of the molecule is CC(C)(CO)CNC(=O)c1cn2c(NC(=O)CC34CC5CC(CC(C5)C3)C4)cccc2n1. The van der Waals surface area contributed by atoms with E-state index in [1.807, 2.05) is 32.0 Å². The minimum atomic E-state index is -0.398. The fraction of sp³-hybridized carbons (Fsp3) is 0.640. The molecule has 0 radical (unpaired) electrons. The van der Waals surface area contributed by atoms with Crippen LogP contribution in [0.3, 0.4) is 0 Å². The van der Waals surface area contributed by atoms with Crippen LogP contribution in [0.2, 0.25) is 0 Å². The molecule has 0 spiro atoms. The van der Waals surface area contributed by atoms with Crippen molar-refractivity contribution in [2.75, 3.05) is 18.5 Å². The van der Waals surface area contributed by atoms with Gasteiger partial charge >= 0.3 is 0 Å². The van der Waals surface area contributed by atoms with Gasteiger partial charge in [-0.1, -0.05) is 19.9 Å². The number of rotatable bonds is 7. The molecular formula is C25H34N4O3. The van der Waals surface area contributed by atoms with E-state index in [9.17, 15) is 14.7 Å². The van der Waals surface area contributed by atoms with Crippen molar-refractivity contribution in [2.24, 2.45) is 28.6 Å². The summed E-state index contributed by atoms with van der Waals surface area (Å²) in [5.74, 6) is 2.87. The van der Waals surface area contributed by atoms with E-state index in [0.717, 1.165) is 17.8 Å². The first-order chi connectivity index (χ1) is 15.2. The number of aromatic nitrogens is 2. The minimum absolute atomic E-state index is 0.0155. The predicted octanol–water partition coefficient (Wildman–Crippen LogP) is 3.63. The van der Waals surface area contributed by atoms with Gasteiger partial charge in [-0.25, -0.2) is 4.98 Å². The molecule has 3 N–H and O–H groups in total. The molecule has 0 aromatic carbocycles. The summed E-state index contributed by atoms with van der Waals surface area (Å²) >= 11 is 0. The van der Waals surface area contributed by atoms with Crippen molar-refractivity contribution in [3.8, 4) is 0 Å². The van der Waals surface area contributed by atoms with Crippen LogP contribution in [0.1, 0.15) is 69.3 Å². The zero-order chi connectivity index (χ0) is 22.5. The van der Waals surface area contributed by atoms with Crippen LogP contribution in [-0.2, 0) is 4.79 Å². The average molecular weight is 439 g/mol. The summed E-state index contributed by atoms with van der Waals surface area (Å²) in [5.41, 5.74) is 0.697. The topological polar surface area (TPSA) is 95.7 Å². The highest BCUT2D eigenvalue weighted by Crippen LogP contribution is 2.61. The van der Waals surface area contributed by atoms with Crippen LogP contribution < -0.4 is 10.6 Å². The third-order valence-electron chi connectivity index (χ3n) is 7.85. The molecule has 0 unspecified atom stereocenters. The molecule has 172 valence electrons. The number of fused-ring (bicyclic) bond motifs is 1. The Morgan fingerprint density at radius 2 is 1.81 bits per heavy atom. The Morgan fingerprint density at radius 1 is 1.16 bits per heavy atom. The number of carbonyl (C=O) groups is 2. The second kappa shape index (κ2) is 7.87. The van der Waals surface area contributed by atoms with Gasteiger partial charge in [0.05, 0.1) is 0 Å². The highest BCUT2D eigenvalue weighted by molar-refractivity contribution is 5.94. The summed E-state index contributed by atoms with van der Waals surface area (Å²) in [5, 5.41) is 15.3. The van der Waals surface area contributed by atoms with Crippen LogP contribution in [0.5, 0.6) is 0 Å². The number of pyridine rings is 1. The number of imidazole rings is 1. The number of nitrogens with one attached hydrogen (secondary N) is 2. The number of carbonyl (C=O) groups excluding carboxylic acids is 2. The number of nitrogens with zero attached hydrogens (tertiary/aromatic N) is 2. The van der Waals surface area contributed by atoms with Crippen molar-refractivity contribution in [3.63, 3.8) is 0 Å². The van der Waals surface area contributed by atoms with Crippen LogP contribution in [0.4, 0.5) is 5.82 Å². The van der Waals surface area contributed by atoms with E-state index in [4.69, 9.17) is 0 Å². The van der Waals surface area contributed by atoms with Crippen LogP contribution in [0.25, 0.3) is 5.65 Å². The van der Waals surface area contributed by atoms with E-state index in [-0.39, 0.29) is 23.8 Å². The van der Waals surface area contributed by atoms with E-state index >= 15 is 0 Å². The molecule has 2 heterocycles. The molecule has 2 amide bonds. The number of aliphatic hydroxyl groups excluding tert-OH is 1. The van der Waals surface area contributed by atoms with Crippen LogP contribution in [0.15, 0.2) is 24.4 Å². The van der Waals surface area contributed by atoms with E-state index in [2.05, 4.69) is 15.6 Å². The molecule has 7 heteroatoms. The van der Waals surface area contributed by atoms with Gasteiger partial charge in [-0.05, 0) is 73.8 Å². The maximum atomic E-state index is 13.1. The van der Waals surface area contributed by atoms with Crippen molar-refractivity contribution in [2.45, 2.75) is 58.8 Å². The molecule has 4 fully saturated rings. The van der Waals surface area contributed by atoms with E-state index in [1.54, 1.807) is 10.6 Å². The normalized spacial score (nSPS) is 28.8. The molecule has 32 heavy (non-hydrogen) atoms. The molecule has 0 atom stereocenters. The molecule has 7 nitrogen and oxygen atoms in total. The Bertz CT molecular complexity index is 1010. The monoisotopic (exact) mass is 438 g/mol.